The van der Waals surface area contributed by atoms with Crippen LogP contribution in [0.25, 0.3) is 11.3 Å². The number of nitrogen functional groups attached to an aromatic ring is 1. The van der Waals surface area contributed by atoms with Gasteiger partial charge in [0.1, 0.15) is 12.4 Å². The fraction of sp³-hybridized carbons (Fsp3) is 0.385. The van der Waals surface area contributed by atoms with Crippen molar-refractivity contribution in [3.05, 3.63) is 30.0 Å². The number of rotatable bonds is 6. The molecule has 0 bridgehead atoms. The molecule has 102 valence electrons. The molecule has 6 heteroatoms. The van der Waals surface area contributed by atoms with Gasteiger partial charge in [-0.1, -0.05) is 17.3 Å². The van der Waals surface area contributed by atoms with Crippen LogP contribution in [0.4, 0.5) is 5.69 Å². The molecule has 0 saturated carbocycles. The zero-order valence-electron chi connectivity index (χ0n) is 11.2. The van der Waals surface area contributed by atoms with E-state index >= 15 is 0 Å². The molecule has 0 spiro atoms. The van der Waals surface area contributed by atoms with Gasteiger partial charge in [-0.05, 0) is 18.6 Å². The number of nitrogens with zero attached hydrogens (tertiary/aromatic N) is 3. The Kier molecular flexibility index (Phi) is 4.48. The molecule has 1 heterocycles. The highest BCUT2D eigenvalue weighted by atomic mass is 16.5. The summed E-state index contributed by atoms with van der Waals surface area (Å²) < 4.78 is 11.9. The standard InChI is InChI=1S/C13H18N4O2/c1-10-3-4-11(7-12(10)14)13-8-17(16-15-13)9-19-6-5-18-2/h3-4,7-8H,5-6,9,14H2,1-2H3. The van der Waals surface area contributed by atoms with Gasteiger partial charge in [-0.3, -0.25) is 0 Å². The first kappa shape index (κ1) is 13.5. The second kappa shape index (κ2) is 6.31. The van der Waals surface area contributed by atoms with Crippen LogP contribution in [0.15, 0.2) is 24.4 Å². The summed E-state index contributed by atoms with van der Waals surface area (Å²) >= 11 is 0. The largest absolute Gasteiger partial charge is 0.398 e. The Balaban J connectivity index is 2.01. The quantitative estimate of drug-likeness (QED) is 0.630. The Hall–Kier alpha value is -1.92. The number of anilines is 1. The van der Waals surface area contributed by atoms with Crippen molar-refractivity contribution < 1.29 is 9.47 Å². The molecule has 19 heavy (non-hydrogen) atoms. The molecule has 2 N–H and O–H groups in total. The summed E-state index contributed by atoms with van der Waals surface area (Å²) in [7, 11) is 1.64. The molecule has 0 aliphatic rings. The number of hydrogen-bond donors (Lipinski definition) is 1. The summed E-state index contributed by atoms with van der Waals surface area (Å²) in [4.78, 5) is 0. The van der Waals surface area contributed by atoms with Gasteiger partial charge in [0.05, 0.1) is 19.4 Å². The molecule has 2 rings (SSSR count). The molecule has 0 atom stereocenters. The fourth-order valence-electron chi connectivity index (χ4n) is 1.59. The minimum atomic E-state index is 0.359. The average Bonchev–Trinajstić information content (AvgIpc) is 2.87. The van der Waals surface area contributed by atoms with Crippen LogP contribution in [0.3, 0.4) is 0 Å². The summed E-state index contributed by atoms with van der Waals surface area (Å²) in [5.74, 6) is 0. The van der Waals surface area contributed by atoms with Gasteiger partial charge < -0.3 is 15.2 Å². The monoisotopic (exact) mass is 262 g/mol. The molecule has 0 amide bonds. The van der Waals surface area contributed by atoms with Gasteiger partial charge in [-0.25, -0.2) is 4.68 Å². The second-order valence-electron chi connectivity index (χ2n) is 4.24. The first-order valence-corrected chi connectivity index (χ1v) is 6.04. The molecule has 2 aromatic rings. The number of methoxy groups -OCH3 is 1. The molecule has 0 fully saturated rings. The first-order valence-electron chi connectivity index (χ1n) is 6.04. The normalized spacial score (nSPS) is 10.8. The van der Waals surface area contributed by atoms with Gasteiger partial charge in [0.25, 0.3) is 0 Å². The van der Waals surface area contributed by atoms with Crippen molar-refractivity contribution in [1.82, 2.24) is 15.0 Å². The molecule has 0 radical (unpaired) electrons. The Bertz CT molecular complexity index is 539. The zero-order valence-corrected chi connectivity index (χ0v) is 11.2. The third kappa shape index (κ3) is 3.52. The number of nitrogens with two attached hydrogens (primary N) is 1. The van der Waals surface area contributed by atoms with Gasteiger partial charge in [0.2, 0.25) is 0 Å². The first-order chi connectivity index (χ1) is 9.20. The van der Waals surface area contributed by atoms with Gasteiger partial charge in [-0.15, -0.1) is 5.10 Å². The second-order valence-corrected chi connectivity index (χ2v) is 4.24. The summed E-state index contributed by atoms with van der Waals surface area (Å²) in [6.07, 6.45) is 1.83. The number of ether oxygens (including phenoxy) is 2. The summed E-state index contributed by atoms with van der Waals surface area (Å²) in [6.45, 7) is 3.43. The van der Waals surface area contributed by atoms with E-state index in [2.05, 4.69) is 10.3 Å². The van der Waals surface area contributed by atoms with Crippen molar-refractivity contribution in [1.29, 1.82) is 0 Å². The van der Waals surface area contributed by atoms with Crippen molar-refractivity contribution in [3.8, 4) is 11.3 Å². The van der Waals surface area contributed by atoms with Gasteiger partial charge in [0, 0.05) is 18.4 Å². The molecule has 1 aromatic carbocycles. The summed E-state index contributed by atoms with van der Waals surface area (Å²) in [5, 5.41) is 8.10. The lowest BCUT2D eigenvalue weighted by Gasteiger charge is -2.02. The third-order valence-electron chi connectivity index (χ3n) is 2.77. The van der Waals surface area contributed by atoms with E-state index in [1.54, 1.807) is 11.8 Å². The maximum atomic E-state index is 5.88. The van der Waals surface area contributed by atoms with E-state index in [0.717, 1.165) is 22.5 Å². The summed E-state index contributed by atoms with van der Waals surface area (Å²) in [5.41, 5.74) is 9.42. The van der Waals surface area contributed by atoms with Crippen LogP contribution in [0.5, 0.6) is 0 Å². The number of hydrogen-bond acceptors (Lipinski definition) is 5. The van der Waals surface area contributed by atoms with Crippen molar-refractivity contribution in [2.75, 3.05) is 26.1 Å². The van der Waals surface area contributed by atoms with Gasteiger partial charge in [0.15, 0.2) is 0 Å². The fourth-order valence-corrected chi connectivity index (χ4v) is 1.59. The highest BCUT2D eigenvalue weighted by molar-refractivity contribution is 5.65. The molecule has 1 aromatic heterocycles. The molecular formula is C13H18N4O2. The Morgan fingerprint density at radius 3 is 2.89 bits per heavy atom. The van der Waals surface area contributed by atoms with E-state index in [1.807, 2.05) is 31.3 Å². The van der Waals surface area contributed by atoms with E-state index in [0.29, 0.717) is 19.9 Å². The maximum absolute atomic E-state index is 5.88. The van der Waals surface area contributed by atoms with E-state index < -0.39 is 0 Å². The Morgan fingerprint density at radius 2 is 2.16 bits per heavy atom. The summed E-state index contributed by atoms with van der Waals surface area (Å²) in [6, 6.07) is 5.85. The SMILES string of the molecule is COCCOCn1cc(-c2ccc(C)c(N)c2)nn1. The highest BCUT2D eigenvalue weighted by Gasteiger charge is 2.05. The Morgan fingerprint density at radius 1 is 1.32 bits per heavy atom. The molecule has 0 unspecified atom stereocenters. The predicted octanol–water partition coefficient (Wildman–Crippen LogP) is 1.46. The van der Waals surface area contributed by atoms with Gasteiger partial charge in [-0.2, -0.15) is 0 Å². The van der Waals surface area contributed by atoms with Crippen LogP contribution in [0.1, 0.15) is 5.56 Å². The van der Waals surface area contributed by atoms with Crippen LogP contribution < -0.4 is 5.73 Å². The number of aromatic nitrogens is 3. The highest BCUT2D eigenvalue weighted by Crippen LogP contribution is 2.21. The van der Waals surface area contributed by atoms with Crippen LogP contribution in [0.2, 0.25) is 0 Å². The minimum Gasteiger partial charge on any atom is -0.398 e. The lowest BCUT2D eigenvalue weighted by atomic mass is 10.1. The lowest BCUT2D eigenvalue weighted by molar-refractivity contribution is 0.0281. The lowest BCUT2D eigenvalue weighted by Crippen LogP contribution is -2.07. The van der Waals surface area contributed by atoms with Crippen molar-refractivity contribution in [2.24, 2.45) is 0 Å². The maximum Gasteiger partial charge on any atom is 0.141 e. The van der Waals surface area contributed by atoms with E-state index in [1.165, 1.54) is 0 Å². The van der Waals surface area contributed by atoms with E-state index in [4.69, 9.17) is 15.2 Å². The Labute approximate surface area is 112 Å². The molecule has 0 saturated heterocycles. The van der Waals surface area contributed by atoms with Crippen LogP contribution in [-0.4, -0.2) is 35.3 Å². The molecule has 0 aliphatic carbocycles. The average molecular weight is 262 g/mol. The van der Waals surface area contributed by atoms with Crippen LogP contribution in [-0.2, 0) is 16.2 Å². The predicted molar refractivity (Wildman–Crippen MR) is 72.4 cm³/mol. The molecular weight excluding hydrogens is 244 g/mol. The number of aryl methyl sites for hydroxylation is 1. The van der Waals surface area contributed by atoms with Gasteiger partial charge >= 0.3 is 0 Å². The smallest absolute Gasteiger partial charge is 0.141 e. The van der Waals surface area contributed by atoms with E-state index in [-0.39, 0.29) is 0 Å². The van der Waals surface area contributed by atoms with Crippen molar-refractivity contribution in [2.45, 2.75) is 13.7 Å². The molecule has 0 aliphatic heterocycles. The zero-order chi connectivity index (χ0) is 13.7. The van der Waals surface area contributed by atoms with Crippen molar-refractivity contribution in [3.63, 3.8) is 0 Å². The third-order valence-corrected chi connectivity index (χ3v) is 2.77. The topological polar surface area (TPSA) is 75.2 Å². The minimum absolute atomic E-state index is 0.359. The number of benzene rings is 1. The van der Waals surface area contributed by atoms with E-state index in [9.17, 15) is 0 Å². The van der Waals surface area contributed by atoms with Crippen molar-refractivity contribution >= 4 is 5.69 Å². The molecule has 6 nitrogen and oxygen atoms in total. The van der Waals surface area contributed by atoms with Crippen LogP contribution >= 0.6 is 0 Å². The van der Waals surface area contributed by atoms with Crippen LogP contribution in [0, 0.1) is 6.92 Å².